The summed E-state index contributed by atoms with van der Waals surface area (Å²) in [4.78, 5) is 2.51. The van der Waals surface area contributed by atoms with Gasteiger partial charge in [0.25, 0.3) is 0 Å². The van der Waals surface area contributed by atoms with Gasteiger partial charge in [-0.1, -0.05) is 19.8 Å². The molecule has 1 aromatic carbocycles. The summed E-state index contributed by atoms with van der Waals surface area (Å²) in [5.74, 6) is 0.525. The Balaban J connectivity index is 2.70. The quantitative estimate of drug-likeness (QED) is 0.712. The number of unbranched alkanes of at least 4 members (excludes halogenated alkanes) is 1. The Morgan fingerprint density at radius 1 is 1.32 bits per heavy atom. The summed E-state index contributed by atoms with van der Waals surface area (Å²) < 4.78 is 34.2. The number of methoxy groups -OCH3 is 1. The number of rotatable bonds is 4. The van der Waals surface area contributed by atoms with Gasteiger partial charge in [0.1, 0.15) is 10.6 Å². The molecule has 25 heavy (non-hydrogen) atoms. The van der Waals surface area contributed by atoms with Crippen molar-refractivity contribution in [3.8, 4) is 5.75 Å². The van der Waals surface area contributed by atoms with E-state index in [4.69, 9.17) is 4.74 Å². The van der Waals surface area contributed by atoms with Crippen molar-refractivity contribution >= 4 is 31.6 Å². The molecule has 0 amide bonds. The second-order valence-corrected chi connectivity index (χ2v) is 10.4. The minimum Gasteiger partial charge on any atom is -0.496 e. The summed E-state index contributed by atoms with van der Waals surface area (Å²) >= 11 is 3.50. The van der Waals surface area contributed by atoms with E-state index in [1.54, 1.807) is 24.5 Å². The van der Waals surface area contributed by atoms with Crippen molar-refractivity contribution in [1.29, 1.82) is 0 Å². The molecule has 0 fully saturated rings. The van der Waals surface area contributed by atoms with Crippen LogP contribution in [0, 0.1) is 0 Å². The van der Waals surface area contributed by atoms with Crippen LogP contribution in [0.2, 0.25) is 0 Å². The first-order chi connectivity index (χ1) is 11.5. The van der Waals surface area contributed by atoms with E-state index in [0.29, 0.717) is 17.2 Å². The highest BCUT2D eigenvalue weighted by Gasteiger charge is 2.39. The van der Waals surface area contributed by atoms with Crippen LogP contribution in [0.4, 0.5) is 5.69 Å². The second-order valence-electron chi connectivity index (χ2n) is 7.55. The standard InChI is InChI=1S/C18H29BrN2O3S/c1-7-8-9-13-12-21(18(2,3)4)15-10-14(19)16(24-6)11-17(15)25(22,23)20(13)5/h10-11,13H,7-9,12H2,1-6H3/t13-/m1/s1. The molecule has 1 aliphatic heterocycles. The number of hydrogen-bond acceptors (Lipinski definition) is 4. The number of sulfonamides is 1. The Morgan fingerprint density at radius 3 is 2.48 bits per heavy atom. The third kappa shape index (κ3) is 3.98. The van der Waals surface area contributed by atoms with Crippen LogP contribution in [0.15, 0.2) is 21.5 Å². The van der Waals surface area contributed by atoms with Crippen LogP contribution in [-0.2, 0) is 10.0 Å². The molecule has 1 heterocycles. The molecule has 0 aliphatic carbocycles. The van der Waals surface area contributed by atoms with E-state index in [0.717, 1.165) is 29.4 Å². The molecule has 142 valence electrons. The van der Waals surface area contributed by atoms with E-state index < -0.39 is 10.0 Å². The normalized spacial score (nSPS) is 20.9. The molecule has 0 bridgehead atoms. The van der Waals surface area contributed by atoms with Gasteiger partial charge in [-0.25, -0.2) is 8.42 Å². The zero-order chi connectivity index (χ0) is 19.0. The van der Waals surface area contributed by atoms with Gasteiger partial charge in [0.15, 0.2) is 0 Å². The summed E-state index contributed by atoms with van der Waals surface area (Å²) in [6, 6.07) is 3.44. The Labute approximate surface area is 160 Å². The summed E-state index contributed by atoms with van der Waals surface area (Å²) in [6.07, 6.45) is 2.91. The molecule has 0 N–H and O–H groups in total. The van der Waals surface area contributed by atoms with Crippen molar-refractivity contribution in [2.24, 2.45) is 0 Å². The summed E-state index contributed by atoms with van der Waals surface area (Å²) in [7, 11) is -0.347. The third-order valence-electron chi connectivity index (χ3n) is 4.79. The molecule has 5 nitrogen and oxygen atoms in total. The van der Waals surface area contributed by atoms with E-state index in [1.165, 1.54) is 0 Å². The molecule has 1 aromatic rings. The van der Waals surface area contributed by atoms with Crippen LogP contribution in [0.5, 0.6) is 5.75 Å². The Morgan fingerprint density at radius 2 is 1.96 bits per heavy atom. The number of likely N-dealkylation sites (N-methyl/N-ethyl adjacent to an activating group) is 1. The third-order valence-corrected chi connectivity index (χ3v) is 7.35. The lowest BCUT2D eigenvalue weighted by molar-refractivity contribution is 0.330. The van der Waals surface area contributed by atoms with Crippen LogP contribution in [0.3, 0.4) is 0 Å². The molecule has 0 aromatic heterocycles. The Hall–Kier alpha value is -0.790. The molecular weight excluding hydrogens is 404 g/mol. The lowest BCUT2D eigenvalue weighted by Crippen LogP contribution is -2.48. The van der Waals surface area contributed by atoms with Crippen molar-refractivity contribution in [3.05, 3.63) is 16.6 Å². The Bertz CT molecular complexity index is 729. The summed E-state index contributed by atoms with van der Waals surface area (Å²) in [6.45, 7) is 9.14. The predicted molar refractivity (Wildman–Crippen MR) is 106 cm³/mol. The lowest BCUT2D eigenvalue weighted by Gasteiger charge is -2.39. The van der Waals surface area contributed by atoms with E-state index in [9.17, 15) is 8.42 Å². The molecule has 2 rings (SSSR count). The van der Waals surface area contributed by atoms with Crippen LogP contribution >= 0.6 is 15.9 Å². The summed E-state index contributed by atoms with van der Waals surface area (Å²) in [5.41, 5.74) is 0.527. The highest BCUT2D eigenvalue weighted by Crippen LogP contribution is 2.42. The fourth-order valence-electron chi connectivity index (χ4n) is 3.22. The fraction of sp³-hybridized carbons (Fsp3) is 0.667. The maximum absolute atomic E-state index is 13.3. The van der Waals surface area contributed by atoms with Crippen LogP contribution in [0.25, 0.3) is 0 Å². The van der Waals surface area contributed by atoms with E-state index >= 15 is 0 Å². The minimum atomic E-state index is -3.59. The number of hydrogen-bond donors (Lipinski definition) is 0. The van der Waals surface area contributed by atoms with Crippen molar-refractivity contribution in [1.82, 2.24) is 4.31 Å². The number of benzene rings is 1. The molecule has 0 spiro atoms. The van der Waals surface area contributed by atoms with Gasteiger partial charge in [0, 0.05) is 31.2 Å². The highest BCUT2D eigenvalue weighted by atomic mass is 79.9. The molecular formula is C18H29BrN2O3S. The van der Waals surface area contributed by atoms with Crippen molar-refractivity contribution < 1.29 is 13.2 Å². The van der Waals surface area contributed by atoms with Crippen LogP contribution in [0.1, 0.15) is 47.0 Å². The molecule has 0 saturated heterocycles. The fourth-order valence-corrected chi connectivity index (χ4v) is 5.28. The molecule has 1 atom stereocenters. The summed E-state index contributed by atoms with van der Waals surface area (Å²) in [5, 5.41) is 0. The largest absolute Gasteiger partial charge is 0.496 e. The monoisotopic (exact) mass is 432 g/mol. The first-order valence-corrected chi connectivity index (χ1v) is 10.9. The number of nitrogens with zero attached hydrogens (tertiary/aromatic N) is 2. The first-order valence-electron chi connectivity index (χ1n) is 8.67. The molecule has 1 aliphatic rings. The Kier molecular flexibility index (Phi) is 6.11. The lowest BCUT2D eigenvalue weighted by atomic mass is 10.0. The van der Waals surface area contributed by atoms with Gasteiger partial charge < -0.3 is 9.64 Å². The SMILES string of the molecule is CCCC[C@@H]1CN(C(C)(C)C)c2cc(Br)c(OC)cc2S(=O)(=O)N1C. The van der Waals surface area contributed by atoms with E-state index in [2.05, 4.69) is 48.5 Å². The van der Waals surface area contributed by atoms with Crippen molar-refractivity contribution in [2.45, 2.75) is 63.4 Å². The zero-order valence-corrected chi connectivity index (χ0v) is 18.4. The van der Waals surface area contributed by atoms with Gasteiger partial charge in [-0.3, -0.25) is 0 Å². The number of anilines is 1. The molecule has 7 heteroatoms. The van der Waals surface area contributed by atoms with Gasteiger partial charge in [0.2, 0.25) is 10.0 Å². The van der Waals surface area contributed by atoms with Gasteiger partial charge in [-0.05, 0) is 49.2 Å². The van der Waals surface area contributed by atoms with Crippen molar-refractivity contribution in [3.63, 3.8) is 0 Å². The van der Waals surface area contributed by atoms with Crippen molar-refractivity contribution in [2.75, 3.05) is 25.6 Å². The topological polar surface area (TPSA) is 49.9 Å². The van der Waals surface area contributed by atoms with Crippen LogP contribution in [-0.4, -0.2) is 45.0 Å². The van der Waals surface area contributed by atoms with Crippen LogP contribution < -0.4 is 9.64 Å². The average Bonchev–Trinajstić information content (AvgIpc) is 2.59. The zero-order valence-electron chi connectivity index (χ0n) is 16.0. The van der Waals surface area contributed by atoms with Gasteiger partial charge >= 0.3 is 0 Å². The molecule has 0 unspecified atom stereocenters. The van der Waals surface area contributed by atoms with Gasteiger partial charge in [0.05, 0.1) is 17.3 Å². The van der Waals surface area contributed by atoms with E-state index in [1.807, 2.05) is 6.07 Å². The smallest absolute Gasteiger partial charge is 0.245 e. The van der Waals surface area contributed by atoms with Gasteiger partial charge in [-0.15, -0.1) is 0 Å². The number of fused-ring (bicyclic) bond motifs is 1. The second kappa shape index (κ2) is 7.45. The van der Waals surface area contributed by atoms with E-state index in [-0.39, 0.29) is 11.6 Å². The number of ether oxygens (including phenoxy) is 1. The average molecular weight is 433 g/mol. The first kappa shape index (κ1) is 20.5. The molecule has 0 saturated carbocycles. The number of halogens is 1. The maximum Gasteiger partial charge on any atom is 0.245 e. The maximum atomic E-state index is 13.3. The van der Waals surface area contributed by atoms with Gasteiger partial charge in [-0.2, -0.15) is 4.31 Å². The molecule has 0 radical (unpaired) electrons. The predicted octanol–water partition coefficient (Wildman–Crippen LogP) is 4.26. The minimum absolute atomic E-state index is 0.0543. The highest BCUT2D eigenvalue weighted by molar-refractivity contribution is 9.10.